The first-order chi connectivity index (χ1) is 13.5. The zero-order valence-electron chi connectivity index (χ0n) is 15.7. The minimum absolute atomic E-state index is 0.112. The molecule has 144 valence electrons. The van der Waals surface area contributed by atoms with Crippen LogP contribution in [0.2, 0.25) is 0 Å². The van der Waals surface area contributed by atoms with Gasteiger partial charge in [-0.2, -0.15) is 4.98 Å². The lowest BCUT2D eigenvalue weighted by Gasteiger charge is -2.13. The van der Waals surface area contributed by atoms with Crippen LogP contribution in [0.3, 0.4) is 0 Å². The molecule has 0 saturated heterocycles. The molecule has 0 spiro atoms. The fraction of sp³-hybridized carbons (Fsp3) is 0.211. The Bertz CT molecular complexity index is 979. The molecule has 2 heterocycles. The van der Waals surface area contributed by atoms with Crippen molar-refractivity contribution in [3.8, 4) is 17.0 Å². The summed E-state index contributed by atoms with van der Waals surface area (Å²) in [5, 5.41) is 17.6. The van der Waals surface area contributed by atoms with Crippen LogP contribution in [-0.2, 0) is 0 Å². The molecule has 0 fully saturated rings. The van der Waals surface area contributed by atoms with Gasteiger partial charge >= 0.3 is 0 Å². The number of rotatable bonds is 7. The Kier molecular flexibility index (Phi) is 5.64. The fourth-order valence-electron chi connectivity index (χ4n) is 2.53. The highest BCUT2D eigenvalue weighted by Gasteiger charge is 2.17. The van der Waals surface area contributed by atoms with E-state index in [1.165, 1.54) is 13.2 Å². The van der Waals surface area contributed by atoms with E-state index in [-0.39, 0.29) is 11.7 Å². The predicted molar refractivity (Wildman–Crippen MR) is 107 cm³/mol. The minimum Gasteiger partial charge on any atom is -0.496 e. The summed E-state index contributed by atoms with van der Waals surface area (Å²) in [7, 11) is 1.46. The Labute approximate surface area is 162 Å². The van der Waals surface area contributed by atoms with E-state index in [4.69, 9.17) is 4.74 Å². The summed E-state index contributed by atoms with van der Waals surface area (Å²) >= 11 is 0. The van der Waals surface area contributed by atoms with Gasteiger partial charge in [0, 0.05) is 30.1 Å². The first-order valence-corrected chi connectivity index (χ1v) is 8.61. The maximum atomic E-state index is 11.4. The van der Waals surface area contributed by atoms with E-state index in [0.717, 1.165) is 5.56 Å². The molecular weight excluding hydrogens is 360 g/mol. The third-order valence-electron chi connectivity index (χ3n) is 3.77. The van der Waals surface area contributed by atoms with Crippen LogP contribution in [-0.4, -0.2) is 33.0 Å². The molecule has 28 heavy (non-hydrogen) atoms. The van der Waals surface area contributed by atoms with Crippen molar-refractivity contribution in [3.63, 3.8) is 0 Å². The summed E-state index contributed by atoms with van der Waals surface area (Å²) in [6, 6.07) is 10.1. The molecule has 0 saturated carbocycles. The smallest absolute Gasteiger partial charge is 0.296 e. The van der Waals surface area contributed by atoms with Crippen LogP contribution in [0.25, 0.3) is 11.3 Å². The molecule has 0 amide bonds. The Morgan fingerprint density at radius 3 is 2.64 bits per heavy atom. The van der Waals surface area contributed by atoms with Gasteiger partial charge in [-0.3, -0.25) is 15.1 Å². The second-order valence-corrected chi connectivity index (χ2v) is 6.27. The molecule has 9 heteroatoms. The lowest BCUT2D eigenvalue weighted by Crippen LogP contribution is -2.13. The highest BCUT2D eigenvalue weighted by Crippen LogP contribution is 2.32. The van der Waals surface area contributed by atoms with Crippen molar-refractivity contribution in [1.82, 2.24) is 15.0 Å². The molecule has 2 N–H and O–H groups in total. The van der Waals surface area contributed by atoms with E-state index in [9.17, 15) is 10.1 Å². The summed E-state index contributed by atoms with van der Waals surface area (Å²) in [5.74, 6) is 1.23. The third-order valence-corrected chi connectivity index (χ3v) is 3.77. The zero-order valence-corrected chi connectivity index (χ0v) is 15.7. The van der Waals surface area contributed by atoms with Crippen molar-refractivity contribution in [2.75, 3.05) is 17.7 Å². The summed E-state index contributed by atoms with van der Waals surface area (Å²) in [6.07, 6.45) is 3.37. The van der Waals surface area contributed by atoms with Crippen molar-refractivity contribution in [2.24, 2.45) is 0 Å². The van der Waals surface area contributed by atoms with E-state index in [0.29, 0.717) is 28.9 Å². The number of hydrogen-bond donors (Lipinski definition) is 2. The molecular formula is C19H20N6O3. The van der Waals surface area contributed by atoms with Crippen molar-refractivity contribution < 1.29 is 9.66 Å². The first kappa shape index (κ1) is 19.0. The van der Waals surface area contributed by atoms with E-state index < -0.39 is 4.92 Å². The van der Waals surface area contributed by atoms with E-state index in [1.54, 1.807) is 30.6 Å². The van der Waals surface area contributed by atoms with Gasteiger partial charge in [-0.15, -0.1) is 0 Å². The molecule has 1 aromatic carbocycles. The van der Waals surface area contributed by atoms with Crippen LogP contribution in [0.4, 0.5) is 23.1 Å². The molecule has 3 aromatic rings. The second-order valence-electron chi connectivity index (χ2n) is 6.27. The maximum Gasteiger partial charge on any atom is 0.296 e. The maximum absolute atomic E-state index is 11.4. The van der Waals surface area contributed by atoms with Crippen molar-refractivity contribution in [2.45, 2.75) is 19.9 Å². The Morgan fingerprint density at radius 1 is 1.18 bits per heavy atom. The monoisotopic (exact) mass is 380 g/mol. The minimum atomic E-state index is -0.471. The normalized spacial score (nSPS) is 10.6. The van der Waals surface area contributed by atoms with Gasteiger partial charge in [-0.25, -0.2) is 4.98 Å². The summed E-state index contributed by atoms with van der Waals surface area (Å²) in [6.45, 7) is 3.95. The second kappa shape index (κ2) is 8.30. The molecule has 0 bridgehead atoms. The lowest BCUT2D eigenvalue weighted by atomic mass is 10.2. The molecule has 0 aliphatic heterocycles. The Hall–Kier alpha value is -3.75. The third kappa shape index (κ3) is 4.50. The number of pyridine rings is 1. The fourth-order valence-corrected chi connectivity index (χ4v) is 2.53. The van der Waals surface area contributed by atoms with Gasteiger partial charge in [0.15, 0.2) is 0 Å². The standard InChI is InChI=1S/C19H20N6O3/c1-12(2)21-19-23-16(13-5-4-8-20-11-13)10-18(24-19)22-15-7-6-14(28-3)9-17(15)25(26)27/h4-12H,1-3H3,(H2,21,22,23,24). The summed E-state index contributed by atoms with van der Waals surface area (Å²) in [4.78, 5) is 24.0. The lowest BCUT2D eigenvalue weighted by molar-refractivity contribution is -0.384. The van der Waals surface area contributed by atoms with E-state index >= 15 is 0 Å². The molecule has 3 rings (SSSR count). The van der Waals surface area contributed by atoms with Gasteiger partial charge in [0.25, 0.3) is 5.69 Å². The van der Waals surface area contributed by atoms with Gasteiger partial charge < -0.3 is 15.4 Å². The molecule has 0 aliphatic rings. The Morgan fingerprint density at radius 2 is 2.00 bits per heavy atom. The molecule has 9 nitrogen and oxygen atoms in total. The molecule has 0 radical (unpaired) electrons. The Balaban J connectivity index is 2.03. The predicted octanol–water partition coefficient (Wildman–Crippen LogP) is 4.02. The molecule has 2 aromatic heterocycles. The first-order valence-electron chi connectivity index (χ1n) is 8.61. The molecule has 0 aliphatic carbocycles. The number of nitrogens with zero attached hydrogens (tertiary/aromatic N) is 4. The van der Waals surface area contributed by atoms with Gasteiger partial charge in [0.1, 0.15) is 17.3 Å². The van der Waals surface area contributed by atoms with Gasteiger partial charge in [0.05, 0.1) is 23.8 Å². The topological polar surface area (TPSA) is 115 Å². The van der Waals surface area contributed by atoms with Crippen molar-refractivity contribution in [3.05, 3.63) is 58.9 Å². The number of nitrogens with one attached hydrogen (secondary N) is 2. The number of anilines is 3. The van der Waals surface area contributed by atoms with Crippen LogP contribution in [0.15, 0.2) is 48.8 Å². The molecule has 0 unspecified atom stereocenters. The number of methoxy groups -OCH3 is 1. The number of nitro groups is 1. The highest BCUT2D eigenvalue weighted by atomic mass is 16.6. The number of nitro benzene ring substituents is 1. The van der Waals surface area contributed by atoms with Crippen LogP contribution >= 0.6 is 0 Å². The summed E-state index contributed by atoms with van der Waals surface area (Å²) in [5.41, 5.74) is 1.64. The van der Waals surface area contributed by atoms with Gasteiger partial charge in [0.2, 0.25) is 5.95 Å². The van der Waals surface area contributed by atoms with Crippen molar-refractivity contribution >= 4 is 23.1 Å². The average molecular weight is 380 g/mol. The van der Waals surface area contributed by atoms with Crippen molar-refractivity contribution in [1.29, 1.82) is 0 Å². The quantitative estimate of drug-likeness (QED) is 0.466. The van der Waals surface area contributed by atoms with Gasteiger partial charge in [-0.05, 0) is 38.1 Å². The number of hydrogen-bond acceptors (Lipinski definition) is 8. The number of aromatic nitrogens is 3. The number of benzene rings is 1. The van der Waals surface area contributed by atoms with Gasteiger partial charge in [-0.1, -0.05) is 0 Å². The van der Waals surface area contributed by atoms with Crippen LogP contribution in [0.5, 0.6) is 5.75 Å². The zero-order chi connectivity index (χ0) is 20.1. The van der Waals surface area contributed by atoms with Crippen LogP contribution < -0.4 is 15.4 Å². The molecule has 0 atom stereocenters. The largest absolute Gasteiger partial charge is 0.496 e. The van der Waals surface area contributed by atoms with E-state index in [1.807, 2.05) is 26.0 Å². The van der Waals surface area contributed by atoms with Crippen LogP contribution in [0, 0.1) is 10.1 Å². The SMILES string of the molecule is COc1ccc(Nc2cc(-c3cccnc3)nc(NC(C)C)n2)c([N+](=O)[O-])c1. The number of ether oxygens (including phenoxy) is 1. The van der Waals surface area contributed by atoms with E-state index in [2.05, 4.69) is 25.6 Å². The van der Waals surface area contributed by atoms with Crippen LogP contribution in [0.1, 0.15) is 13.8 Å². The highest BCUT2D eigenvalue weighted by molar-refractivity contribution is 5.72. The average Bonchev–Trinajstić information content (AvgIpc) is 2.68. The summed E-state index contributed by atoms with van der Waals surface area (Å²) < 4.78 is 5.08.